The van der Waals surface area contributed by atoms with Gasteiger partial charge < -0.3 is 19.5 Å². The van der Waals surface area contributed by atoms with Crippen molar-refractivity contribution < 1.29 is 24.2 Å². The van der Waals surface area contributed by atoms with Gasteiger partial charge in [0.05, 0.1) is 19.6 Å². The van der Waals surface area contributed by atoms with Crippen molar-refractivity contribution in [1.82, 2.24) is 4.90 Å². The van der Waals surface area contributed by atoms with Crippen molar-refractivity contribution >= 4 is 23.7 Å². The molecule has 6 nitrogen and oxygen atoms in total. The quantitative estimate of drug-likeness (QED) is 0.0490. The molecule has 0 rings (SSSR count). The second-order valence-corrected chi connectivity index (χ2v) is 16.7. The van der Waals surface area contributed by atoms with E-state index >= 15 is 0 Å². The van der Waals surface area contributed by atoms with Gasteiger partial charge in [-0.15, -0.1) is 0 Å². The van der Waals surface area contributed by atoms with E-state index < -0.39 is 0 Å². The minimum atomic E-state index is -0.0570. The number of esters is 2. The molecule has 0 aromatic carbocycles. The maximum absolute atomic E-state index is 12.7. The van der Waals surface area contributed by atoms with Crippen LogP contribution in [0, 0.1) is 0 Å². The molecule has 52 heavy (non-hydrogen) atoms. The Morgan fingerprint density at radius 2 is 0.962 bits per heavy atom. The second-order valence-electron chi connectivity index (χ2n) is 15.4. The van der Waals surface area contributed by atoms with Crippen LogP contribution in [0.5, 0.6) is 0 Å². The first-order valence-corrected chi connectivity index (χ1v) is 24.0. The van der Waals surface area contributed by atoms with Gasteiger partial charge in [-0.05, 0) is 83.1 Å². The SMILES string of the molecule is CCCCCCCCCCSCCC(=O)OCCCCCN(CCO)CCCCCCCC(=O)OC(CCCCCCCC)CCCCCCCC. The minimum Gasteiger partial charge on any atom is -0.466 e. The summed E-state index contributed by atoms with van der Waals surface area (Å²) in [4.78, 5) is 27.1. The summed E-state index contributed by atoms with van der Waals surface area (Å²) < 4.78 is 11.5. The van der Waals surface area contributed by atoms with E-state index in [1.54, 1.807) is 0 Å². The third-order valence-electron chi connectivity index (χ3n) is 10.3. The molecule has 0 aliphatic carbocycles. The lowest BCUT2D eigenvalue weighted by molar-refractivity contribution is -0.150. The lowest BCUT2D eigenvalue weighted by Crippen LogP contribution is -2.29. The van der Waals surface area contributed by atoms with Gasteiger partial charge in [0.1, 0.15) is 6.10 Å². The first-order valence-electron chi connectivity index (χ1n) is 22.8. The zero-order valence-corrected chi connectivity index (χ0v) is 35.9. The van der Waals surface area contributed by atoms with E-state index in [-0.39, 0.29) is 24.6 Å². The van der Waals surface area contributed by atoms with Gasteiger partial charge in [0.15, 0.2) is 0 Å². The smallest absolute Gasteiger partial charge is 0.306 e. The Labute approximate surface area is 328 Å². The molecule has 0 aliphatic rings. The Morgan fingerprint density at radius 3 is 1.50 bits per heavy atom. The molecule has 0 heterocycles. The van der Waals surface area contributed by atoms with Gasteiger partial charge in [0.25, 0.3) is 0 Å². The van der Waals surface area contributed by atoms with Crippen molar-refractivity contribution in [3.8, 4) is 0 Å². The third-order valence-corrected chi connectivity index (χ3v) is 11.4. The van der Waals surface area contributed by atoms with Gasteiger partial charge in [0.2, 0.25) is 0 Å². The van der Waals surface area contributed by atoms with Crippen LogP contribution in [-0.2, 0) is 19.1 Å². The van der Waals surface area contributed by atoms with E-state index in [0.29, 0.717) is 19.4 Å². The molecule has 0 unspecified atom stereocenters. The van der Waals surface area contributed by atoms with E-state index in [4.69, 9.17) is 9.47 Å². The number of thioether (sulfide) groups is 1. The van der Waals surface area contributed by atoms with Crippen LogP contribution in [0.3, 0.4) is 0 Å². The summed E-state index contributed by atoms with van der Waals surface area (Å²) in [6.45, 7) is 10.2. The lowest BCUT2D eigenvalue weighted by atomic mass is 10.0. The van der Waals surface area contributed by atoms with Crippen LogP contribution in [0.2, 0.25) is 0 Å². The molecule has 0 radical (unpaired) electrons. The van der Waals surface area contributed by atoms with Crippen LogP contribution < -0.4 is 0 Å². The first-order chi connectivity index (χ1) is 25.6. The Bertz CT molecular complexity index is 723. The van der Waals surface area contributed by atoms with E-state index in [2.05, 4.69) is 25.7 Å². The molecule has 0 aliphatic heterocycles. The molecular weight excluding hydrogens is 667 g/mol. The van der Waals surface area contributed by atoms with Crippen LogP contribution >= 0.6 is 11.8 Å². The van der Waals surface area contributed by atoms with Crippen molar-refractivity contribution in [3.63, 3.8) is 0 Å². The number of carbonyl (C=O) groups excluding carboxylic acids is 2. The van der Waals surface area contributed by atoms with Crippen LogP contribution in [-0.4, -0.2) is 72.4 Å². The monoisotopic (exact) mass is 756 g/mol. The number of carbonyl (C=O) groups is 2. The molecule has 0 saturated heterocycles. The Morgan fingerprint density at radius 1 is 0.500 bits per heavy atom. The molecule has 0 fully saturated rings. The fraction of sp³-hybridized carbons (Fsp3) is 0.956. The number of nitrogens with zero attached hydrogens (tertiary/aromatic N) is 1. The van der Waals surface area contributed by atoms with E-state index in [1.807, 2.05) is 11.8 Å². The highest BCUT2D eigenvalue weighted by Gasteiger charge is 2.14. The van der Waals surface area contributed by atoms with Crippen molar-refractivity contribution in [3.05, 3.63) is 0 Å². The highest BCUT2D eigenvalue weighted by Crippen LogP contribution is 2.19. The first kappa shape index (κ1) is 51.2. The molecule has 0 bridgehead atoms. The number of ether oxygens (including phenoxy) is 2. The van der Waals surface area contributed by atoms with E-state index in [0.717, 1.165) is 95.3 Å². The Balaban J connectivity index is 3.91. The minimum absolute atomic E-state index is 0.00852. The highest BCUT2D eigenvalue weighted by molar-refractivity contribution is 7.99. The number of hydrogen-bond acceptors (Lipinski definition) is 7. The molecular formula is C45H89NO5S. The van der Waals surface area contributed by atoms with Gasteiger partial charge >= 0.3 is 11.9 Å². The molecule has 310 valence electrons. The fourth-order valence-corrected chi connectivity index (χ4v) is 7.81. The second kappa shape index (κ2) is 42.9. The maximum atomic E-state index is 12.7. The predicted octanol–water partition coefficient (Wildman–Crippen LogP) is 13.0. The summed E-state index contributed by atoms with van der Waals surface area (Å²) in [7, 11) is 0. The Hall–Kier alpha value is -0.790. The maximum Gasteiger partial charge on any atom is 0.306 e. The van der Waals surface area contributed by atoms with Crippen LogP contribution in [0.4, 0.5) is 0 Å². The van der Waals surface area contributed by atoms with Crippen molar-refractivity contribution in [2.75, 3.05) is 44.4 Å². The highest BCUT2D eigenvalue weighted by atomic mass is 32.2. The Kier molecular flexibility index (Phi) is 42.3. The van der Waals surface area contributed by atoms with Crippen LogP contribution in [0.1, 0.15) is 226 Å². The molecule has 0 saturated carbocycles. The van der Waals surface area contributed by atoms with Crippen molar-refractivity contribution in [2.24, 2.45) is 0 Å². The van der Waals surface area contributed by atoms with Gasteiger partial charge in [-0.25, -0.2) is 0 Å². The summed E-state index contributed by atoms with van der Waals surface area (Å²) in [6.07, 6.45) is 37.8. The van der Waals surface area contributed by atoms with E-state index in [1.165, 1.54) is 128 Å². The summed E-state index contributed by atoms with van der Waals surface area (Å²) in [6, 6.07) is 0. The van der Waals surface area contributed by atoms with E-state index in [9.17, 15) is 14.7 Å². The topological polar surface area (TPSA) is 76.1 Å². The molecule has 0 spiro atoms. The summed E-state index contributed by atoms with van der Waals surface area (Å²) in [5.74, 6) is 1.98. The summed E-state index contributed by atoms with van der Waals surface area (Å²) in [5, 5.41) is 9.54. The fourth-order valence-electron chi connectivity index (χ4n) is 6.89. The van der Waals surface area contributed by atoms with Crippen molar-refractivity contribution in [2.45, 2.75) is 232 Å². The normalized spacial score (nSPS) is 11.6. The van der Waals surface area contributed by atoms with Gasteiger partial charge in [-0.2, -0.15) is 11.8 Å². The number of unbranched alkanes of at least 4 members (excludes halogenated alkanes) is 23. The number of rotatable bonds is 43. The zero-order valence-electron chi connectivity index (χ0n) is 35.1. The number of hydrogen-bond donors (Lipinski definition) is 1. The average Bonchev–Trinajstić information content (AvgIpc) is 3.14. The predicted molar refractivity (Wildman–Crippen MR) is 226 cm³/mol. The van der Waals surface area contributed by atoms with Gasteiger partial charge in [-0.3, -0.25) is 9.59 Å². The van der Waals surface area contributed by atoms with Crippen LogP contribution in [0.25, 0.3) is 0 Å². The molecule has 0 aromatic rings. The molecule has 7 heteroatoms. The van der Waals surface area contributed by atoms with Gasteiger partial charge in [-0.1, -0.05) is 149 Å². The number of aliphatic hydroxyl groups excluding tert-OH is 1. The van der Waals surface area contributed by atoms with Gasteiger partial charge in [0, 0.05) is 18.7 Å². The largest absolute Gasteiger partial charge is 0.466 e. The summed E-state index contributed by atoms with van der Waals surface area (Å²) >= 11 is 1.89. The lowest BCUT2D eigenvalue weighted by Gasteiger charge is -2.21. The number of aliphatic hydroxyl groups is 1. The summed E-state index contributed by atoms with van der Waals surface area (Å²) in [5.41, 5.74) is 0. The molecule has 0 aromatic heterocycles. The molecule has 0 amide bonds. The zero-order chi connectivity index (χ0) is 38.0. The average molecular weight is 756 g/mol. The van der Waals surface area contributed by atoms with Crippen LogP contribution in [0.15, 0.2) is 0 Å². The molecule has 1 N–H and O–H groups in total. The molecule has 0 atom stereocenters. The van der Waals surface area contributed by atoms with Crippen molar-refractivity contribution in [1.29, 1.82) is 0 Å². The third kappa shape index (κ3) is 38.9. The standard InChI is InChI=1S/C45H89NO5S/c1-4-7-10-13-16-17-23-31-41-52-42-35-44(48)50-40-30-24-29-37-46(38-39-47)36-28-22-18-21-27-34-45(49)51-43(32-25-19-14-11-8-5-2)33-26-20-15-12-9-6-3/h43,47H,4-42H2,1-3H3.